The zero-order valence-electron chi connectivity index (χ0n) is 8.54. The van der Waals surface area contributed by atoms with Crippen molar-refractivity contribution in [2.24, 2.45) is 11.8 Å². The monoisotopic (exact) mass is 260 g/mol. The van der Waals surface area contributed by atoms with Crippen LogP contribution in [-0.2, 0) is 9.53 Å². The number of alkyl halides is 1. The van der Waals surface area contributed by atoms with E-state index in [1.54, 1.807) is 0 Å². The molecule has 1 heterocycles. The van der Waals surface area contributed by atoms with E-state index in [9.17, 15) is 4.79 Å². The maximum atomic E-state index is 11.4. The molecular formula is C11H17BrO2. The van der Waals surface area contributed by atoms with Crippen LogP contribution in [-0.4, -0.2) is 16.9 Å². The summed E-state index contributed by atoms with van der Waals surface area (Å²) in [6.07, 6.45) is 5.11. The molecule has 2 rings (SSSR count). The zero-order valence-corrected chi connectivity index (χ0v) is 10.1. The Labute approximate surface area is 93.5 Å². The van der Waals surface area contributed by atoms with Gasteiger partial charge in [0.2, 0.25) is 0 Å². The van der Waals surface area contributed by atoms with Gasteiger partial charge in [0.1, 0.15) is 6.10 Å². The van der Waals surface area contributed by atoms with Crippen LogP contribution in [0.3, 0.4) is 0 Å². The van der Waals surface area contributed by atoms with E-state index in [0.717, 1.165) is 19.3 Å². The summed E-state index contributed by atoms with van der Waals surface area (Å²) >= 11 is 3.75. The molecule has 0 radical (unpaired) electrons. The summed E-state index contributed by atoms with van der Waals surface area (Å²) in [4.78, 5) is 11.9. The fourth-order valence-electron chi connectivity index (χ4n) is 2.77. The Morgan fingerprint density at radius 1 is 1.36 bits per heavy atom. The number of fused-ring (bicyclic) bond motifs is 1. The lowest BCUT2D eigenvalue weighted by atomic mass is 9.90. The predicted molar refractivity (Wildman–Crippen MR) is 58.3 cm³/mol. The van der Waals surface area contributed by atoms with E-state index >= 15 is 0 Å². The Hall–Kier alpha value is -0.0500. The summed E-state index contributed by atoms with van der Waals surface area (Å²) in [5, 5.41) is 0. The summed E-state index contributed by atoms with van der Waals surface area (Å²) in [7, 11) is 0. The van der Waals surface area contributed by atoms with E-state index in [1.165, 1.54) is 6.42 Å². The first-order valence-electron chi connectivity index (χ1n) is 5.52. The van der Waals surface area contributed by atoms with E-state index in [0.29, 0.717) is 23.1 Å². The highest BCUT2D eigenvalue weighted by Crippen LogP contribution is 2.41. The molecule has 0 spiro atoms. The molecule has 3 heteroatoms. The van der Waals surface area contributed by atoms with Crippen LogP contribution in [0.25, 0.3) is 0 Å². The summed E-state index contributed by atoms with van der Waals surface area (Å²) in [6, 6.07) is 0. The summed E-state index contributed by atoms with van der Waals surface area (Å²) < 4.78 is 5.49. The van der Waals surface area contributed by atoms with Crippen LogP contribution in [0, 0.1) is 11.8 Å². The molecule has 2 nitrogen and oxygen atoms in total. The lowest BCUT2D eigenvalue weighted by Crippen LogP contribution is -2.33. The fraction of sp³-hybridized carbons (Fsp3) is 0.909. The van der Waals surface area contributed by atoms with Crippen LogP contribution < -0.4 is 0 Å². The van der Waals surface area contributed by atoms with Gasteiger partial charge in [-0.3, -0.25) is 4.79 Å². The highest BCUT2D eigenvalue weighted by molar-refractivity contribution is 9.09. The van der Waals surface area contributed by atoms with E-state index in [4.69, 9.17) is 4.74 Å². The van der Waals surface area contributed by atoms with Crippen LogP contribution >= 0.6 is 15.9 Å². The molecule has 2 aliphatic rings. The SMILES string of the molecule is C[C@@H]1CC[C@H]2OC(=O)CCC[C@H](Br)[C@H]12. The Morgan fingerprint density at radius 3 is 2.93 bits per heavy atom. The van der Waals surface area contributed by atoms with Gasteiger partial charge >= 0.3 is 5.97 Å². The van der Waals surface area contributed by atoms with Gasteiger partial charge in [0.05, 0.1) is 0 Å². The van der Waals surface area contributed by atoms with Gasteiger partial charge in [-0.1, -0.05) is 22.9 Å². The van der Waals surface area contributed by atoms with Crippen molar-refractivity contribution in [3.05, 3.63) is 0 Å². The van der Waals surface area contributed by atoms with Gasteiger partial charge in [-0.2, -0.15) is 0 Å². The topological polar surface area (TPSA) is 26.3 Å². The fourth-order valence-corrected chi connectivity index (χ4v) is 3.95. The van der Waals surface area contributed by atoms with Crippen LogP contribution in [0.2, 0.25) is 0 Å². The van der Waals surface area contributed by atoms with E-state index < -0.39 is 0 Å². The number of hydrogen-bond donors (Lipinski definition) is 0. The second-order valence-electron chi connectivity index (χ2n) is 4.57. The number of hydrogen-bond acceptors (Lipinski definition) is 2. The minimum atomic E-state index is 0.00787. The average molecular weight is 261 g/mol. The largest absolute Gasteiger partial charge is 0.462 e. The van der Waals surface area contributed by atoms with Crippen molar-refractivity contribution < 1.29 is 9.53 Å². The first-order chi connectivity index (χ1) is 6.68. The number of rotatable bonds is 0. The molecule has 0 unspecified atom stereocenters. The third-order valence-corrected chi connectivity index (χ3v) is 4.62. The average Bonchev–Trinajstić information content (AvgIpc) is 2.44. The molecule has 1 saturated heterocycles. The lowest BCUT2D eigenvalue weighted by molar-refractivity contribution is -0.152. The van der Waals surface area contributed by atoms with Crippen molar-refractivity contribution in [1.82, 2.24) is 0 Å². The van der Waals surface area contributed by atoms with Gasteiger partial charge in [0, 0.05) is 17.2 Å². The molecule has 80 valence electrons. The van der Waals surface area contributed by atoms with E-state index in [2.05, 4.69) is 22.9 Å². The second kappa shape index (κ2) is 4.21. The van der Waals surface area contributed by atoms with Crippen molar-refractivity contribution in [2.75, 3.05) is 0 Å². The summed E-state index contributed by atoms with van der Waals surface area (Å²) in [5.41, 5.74) is 0. The highest BCUT2D eigenvalue weighted by atomic mass is 79.9. The lowest BCUT2D eigenvalue weighted by Gasteiger charge is -2.29. The predicted octanol–water partition coefficient (Wildman–Crippen LogP) is 2.89. The number of carbonyl (C=O) groups is 1. The Kier molecular flexibility index (Phi) is 3.15. The minimum Gasteiger partial charge on any atom is -0.462 e. The number of carbonyl (C=O) groups excluding carboxylic acids is 1. The third kappa shape index (κ3) is 1.97. The van der Waals surface area contributed by atoms with Gasteiger partial charge in [-0.15, -0.1) is 0 Å². The molecule has 0 N–H and O–H groups in total. The van der Waals surface area contributed by atoms with Crippen molar-refractivity contribution >= 4 is 21.9 Å². The van der Waals surface area contributed by atoms with Crippen molar-refractivity contribution in [2.45, 2.75) is 50.0 Å². The molecule has 1 aliphatic carbocycles. The van der Waals surface area contributed by atoms with Crippen molar-refractivity contribution in [3.8, 4) is 0 Å². The first kappa shape index (κ1) is 10.5. The van der Waals surface area contributed by atoms with Crippen LogP contribution in [0.15, 0.2) is 0 Å². The molecule has 4 atom stereocenters. The molecule has 0 bridgehead atoms. The normalized spacial score (nSPS) is 43.7. The molecule has 0 amide bonds. The number of ether oxygens (including phenoxy) is 1. The number of halogens is 1. The van der Waals surface area contributed by atoms with Crippen molar-refractivity contribution in [1.29, 1.82) is 0 Å². The zero-order chi connectivity index (χ0) is 10.1. The summed E-state index contributed by atoms with van der Waals surface area (Å²) in [6.45, 7) is 2.27. The molecule has 1 aliphatic heterocycles. The van der Waals surface area contributed by atoms with Crippen LogP contribution in [0.5, 0.6) is 0 Å². The molecule has 2 fully saturated rings. The molecule has 0 aromatic carbocycles. The second-order valence-corrected chi connectivity index (χ2v) is 5.74. The molecule has 0 aromatic rings. The number of esters is 1. The van der Waals surface area contributed by atoms with Gasteiger partial charge in [-0.25, -0.2) is 0 Å². The van der Waals surface area contributed by atoms with Gasteiger partial charge in [0.15, 0.2) is 0 Å². The first-order valence-corrected chi connectivity index (χ1v) is 6.43. The van der Waals surface area contributed by atoms with Crippen molar-refractivity contribution in [3.63, 3.8) is 0 Å². The maximum Gasteiger partial charge on any atom is 0.306 e. The quantitative estimate of drug-likeness (QED) is 0.495. The van der Waals surface area contributed by atoms with Gasteiger partial charge in [0.25, 0.3) is 0 Å². The van der Waals surface area contributed by atoms with Crippen LogP contribution in [0.1, 0.15) is 39.0 Å². The standard InChI is InChI=1S/C11H17BrO2/c1-7-5-6-9-11(7)8(12)3-2-4-10(13)14-9/h7-9,11H,2-6H2,1H3/t7-,8+,9-,11+/m1/s1. The van der Waals surface area contributed by atoms with Gasteiger partial charge < -0.3 is 4.74 Å². The van der Waals surface area contributed by atoms with E-state index in [1.807, 2.05) is 0 Å². The van der Waals surface area contributed by atoms with Gasteiger partial charge in [-0.05, 0) is 31.6 Å². The maximum absolute atomic E-state index is 11.4. The molecule has 0 aromatic heterocycles. The molecule has 1 saturated carbocycles. The Balaban J connectivity index is 2.11. The minimum absolute atomic E-state index is 0.00787. The molecule has 14 heavy (non-hydrogen) atoms. The molecular weight excluding hydrogens is 244 g/mol. The third-order valence-electron chi connectivity index (χ3n) is 3.55. The Morgan fingerprint density at radius 2 is 2.14 bits per heavy atom. The smallest absolute Gasteiger partial charge is 0.306 e. The van der Waals surface area contributed by atoms with E-state index in [-0.39, 0.29) is 12.1 Å². The summed E-state index contributed by atoms with van der Waals surface area (Å²) in [5.74, 6) is 1.24. The van der Waals surface area contributed by atoms with Crippen LogP contribution in [0.4, 0.5) is 0 Å². The highest BCUT2D eigenvalue weighted by Gasteiger charge is 2.40. The Bertz CT molecular complexity index is 229.